The number of carbonyl (C=O) groups is 3. The van der Waals surface area contributed by atoms with Crippen LogP contribution in [0.1, 0.15) is 15.9 Å². The number of hydrogen-bond acceptors (Lipinski definition) is 5. The van der Waals surface area contributed by atoms with Gasteiger partial charge in [0.25, 0.3) is 11.8 Å². The van der Waals surface area contributed by atoms with Crippen molar-refractivity contribution >= 4 is 23.5 Å². The van der Waals surface area contributed by atoms with Crippen molar-refractivity contribution in [3.63, 3.8) is 0 Å². The topological polar surface area (TPSA) is 108 Å². The van der Waals surface area contributed by atoms with E-state index < -0.39 is 23.9 Å². The summed E-state index contributed by atoms with van der Waals surface area (Å²) in [6.07, 6.45) is -0.554. The Balaban J connectivity index is 1.63. The Kier molecular flexibility index (Phi) is 4.65. The maximum Gasteiger partial charge on any atom is 0.339 e. The van der Waals surface area contributed by atoms with E-state index in [1.807, 2.05) is 6.07 Å². The van der Waals surface area contributed by atoms with Crippen LogP contribution in [0, 0.1) is 0 Å². The van der Waals surface area contributed by atoms with Crippen LogP contribution in [-0.2, 0) is 20.7 Å². The summed E-state index contributed by atoms with van der Waals surface area (Å²) in [5.41, 5.74) is 6.80. The van der Waals surface area contributed by atoms with E-state index in [4.69, 9.17) is 15.2 Å². The van der Waals surface area contributed by atoms with Gasteiger partial charge in [0.1, 0.15) is 5.75 Å². The van der Waals surface area contributed by atoms with Crippen LogP contribution in [0.5, 0.6) is 5.75 Å². The lowest BCUT2D eigenvalue weighted by Gasteiger charge is -2.23. The number of benzene rings is 2. The molecule has 25 heavy (non-hydrogen) atoms. The fourth-order valence-corrected chi connectivity index (χ4v) is 2.49. The minimum Gasteiger partial charge on any atom is -0.484 e. The third-order valence-corrected chi connectivity index (χ3v) is 3.69. The van der Waals surface area contributed by atoms with Gasteiger partial charge in [-0.25, -0.2) is 4.79 Å². The summed E-state index contributed by atoms with van der Waals surface area (Å²) in [5.74, 6) is -1.03. The van der Waals surface area contributed by atoms with Crippen molar-refractivity contribution in [1.82, 2.24) is 0 Å². The molecule has 7 nitrogen and oxygen atoms in total. The van der Waals surface area contributed by atoms with Crippen molar-refractivity contribution < 1.29 is 23.9 Å². The molecule has 0 saturated carbocycles. The number of primary amides is 1. The quantitative estimate of drug-likeness (QED) is 0.797. The van der Waals surface area contributed by atoms with E-state index in [1.165, 1.54) is 0 Å². The minimum absolute atomic E-state index is 0.219. The Labute approximate surface area is 143 Å². The first-order chi connectivity index (χ1) is 12.0. The van der Waals surface area contributed by atoms with Gasteiger partial charge in [0.2, 0.25) is 0 Å². The molecule has 1 aliphatic heterocycles. The highest BCUT2D eigenvalue weighted by Crippen LogP contribution is 2.22. The van der Waals surface area contributed by atoms with Crippen molar-refractivity contribution in [2.45, 2.75) is 12.5 Å². The zero-order valence-electron chi connectivity index (χ0n) is 13.2. The summed E-state index contributed by atoms with van der Waals surface area (Å²) in [5, 5.41) is 2.69. The maximum atomic E-state index is 12.3. The number of hydrogen-bond donors (Lipinski definition) is 2. The smallest absolute Gasteiger partial charge is 0.339 e. The number of rotatable bonds is 5. The summed E-state index contributed by atoms with van der Waals surface area (Å²) in [6.45, 7) is -0.219. The number of anilines is 1. The summed E-state index contributed by atoms with van der Waals surface area (Å²) in [6, 6.07) is 13.5. The number of nitrogens with two attached hydrogens (primary N) is 1. The molecule has 0 fully saturated rings. The maximum absolute atomic E-state index is 12.3. The lowest BCUT2D eigenvalue weighted by Crippen LogP contribution is -2.37. The number of cyclic esters (lactones) is 1. The van der Waals surface area contributed by atoms with Crippen molar-refractivity contribution in [3.8, 4) is 5.75 Å². The second-order valence-electron chi connectivity index (χ2n) is 5.52. The number of esters is 1. The molecular weight excluding hydrogens is 324 g/mol. The van der Waals surface area contributed by atoms with Gasteiger partial charge in [-0.3, -0.25) is 9.59 Å². The first-order valence-corrected chi connectivity index (χ1v) is 7.64. The highest BCUT2D eigenvalue weighted by molar-refractivity contribution is 6.00. The second kappa shape index (κ2) is 7.04. The molecule has 1 heterocycles. The van der Waals surface area contributed by atoms with Crippen LogP contribution in [0.25, 0.3) is 0 Å². The zero-order valence-corrected chi connectivity index (χ0v) is 13.2. The van der Waals surface area contributed by atoms with E-state index in [-0.39, 0.29) is 6.61 Å². The first-order valence-electron chi connectivity index (χ1n) is 7.64. The molecule has 1 aliphatic rings. The molecule has 7 heteroatoms. The third kappa shape index (κ3) is 3.95. The Morgan fingerprint density at radius 2 is 1.88 bits per heavy atom. The molecule has 128 valence electrons. The van der Waals surface area contributed by atoms with Gasteiger partial charge in [-0.2, -0.15) is 0 Å². The fourth-order valence-electron chi connectivity index (χ4n) is 2.49. The Morgan fingerprint density at radius 1 is 1.16 bits per heavy atom. The van der Waals surface area contributed by atoms with Crippen LogP contribution in [0.3, 0.4) is 0 Å². The molecule has 2 amide bonds. The Bertz CT molecular complexity index is 816. The van der Waals surface area contributed by atoms with E-state index in [9.17, 15) is 14.4 Å². The second-order valence-corrected chi connectivity index (χ2v) is 5.52. The molecule has 1 unspecified atom stereocenters. The SMILES string of the molecule is NC(=O)COc1ccc(NC(=O)C2Cc3ccccc3C(=O)O2)cc1. The van der Waals surface area contributed by atoms with Crippen LogP contribution in [0.15, 0.2) is 48.5 Å². The molecule has 0 aliphatic carbocycles. The predicted molar refractivity (Wildman–Crippen MR) is 89.1 cm³/mol. The van der Waals surface area contributed by atoms with Crippen LogP contribution in [0.2, 0.25) is 0 Å². The third-order valence-electron chi connectivity index (χ3n) is 3.69. The van der Waals surface area contributed by atoms with Crippen LogP contribution < -0.4 is 15.8 Å². The lowest BCUT2D eigenvalue weighted by atomic mass is 9.98. The molecule has 0 radical (unpaired) electrons. The average Bonchev–Trinajstić information content (AvgIpc) is 2.61. The highest BCUT2D eigenvalue weighted by atomic mass is 16.5. The van der Waals surface area contributed by atoms with E-state index in [2.05, 4.69) is 5.32 Å². The largest absolute Gasteiger partial charge is 0.484 e. The van der Waals surface area contributed by atoms with Crippen LogP contribution in [0.4, 0.5) is 5.69 Å². The fraction of sp³-hybridized carbons (Fsp3) is 0.167. The van der Waals surface area contributed by atoms with Crippen molar-refractivity contribution in [3.05, 3.63) is 59.7 Å². The van der Waals surface area contributed by atoms with Gasteiger partial charge in [0.15, 0.2) is 12.7 Å². The van der Waals surface area contributed by atoms with Crippen molar-refractivity contribution in [2.75, 3.05) is 11.9 Å². The van der Waals surface area contributed by atoms with Crippen LogP contribution in [-0.4, -0.2) is 30.5 Å². The Hall–Kier alpha value is -3.35. The van der Waals surface area contributed by atoms with Gasteiger partial charge in [0.05, 0.1) is 5.56 Å². The minimum atomic E-state index is -0.881. The molecule has 3 rings (SSSR count). The summed E-state index contributed by atoms with van der Waals surface area (Å²) < 4.78 is 10.3. The molecule has 3 N–H and O–H groups in total. The molecule has 0 bridgehead atoms. The monoisotopic (exact) mass is 340 g/mol. The van der Waals surface area contributed by atoms with Crippen LogP contribution >= 0.6 is 0 Å². The van der Waals surface area contributed by atoms with Gasteiger partial charge < -0.3 is 20.5 Å². The Morgan fingerprint density at radius 3 is 2.60 bits per heavy atom. The van der Waals surface area contributed by atoms with Gasteiger partial charge in [0, 0.05) is 12.1 Å². The van der Waals surface area contributed by atoms with Crippen molar-refractivity contribution in [1.29, 1.82) is 0 Å². The average molecular weight is 340 g/mol. The normalized spacial score (nSPS) is 15.7. The van der Waals surface area contributed by atoms with E-state index in [1.54, 1.807) is 42.5 Å². The summed E-state index contributed by atoms with van der Waals surface area (Å²) in [4.78, 5) is 35.0. The van der Waals surface area contributed by atoms with E-state index >= 15 is 0 Å². The van der Waals surface area contributed by atoms with E-state index in [0.717, 1.165) is 5.56 Å². The van der Waals surface area contributed by atoms with Gasteiger partial charge >= 0.3 is 5.97 Å². The predicted octanol–water partition coefficient (Wildman–Crippen LogP) is 1.27. The van der Waals surface area contributed by atoms with Gasteiger partial charge in [-0.15, -0.1) is 0 Å². The molecule has 0 spiro atoms. The van der Waals surface area contributed by atoms with Gasteiger partial charge in [-0.1, -0.05) is 18.2 Å². The summed E-state index contributed by atoms with van der Waals surface area (Å²) >= 11 is 0. The molecule has 1 atom stereocenters. The molecule has 0 aromatic heterocycles. The highest BCUT2D eigenvalue weighted by Gasteiger charge is 2.31. The molecular formula is C18H16N2O5. The first kappa shape index (κ1) is 16.5. The molecule has 0 saturated heterocycles. The molecule has 2 aromatic rings. The molecule has 2 aromatic carbocycles. The standard InChI is InChI=1S/C18H16N2O5/c19-16(21)10-24-13-7-5-12(6-8-13)20-17(22)15-9-11-3-1-2-4-14(11)18(23)25-15/h1-8,15H,9-10H2,(H2,19,21)(H,20,22). The van der Waals surface area contributed by atoms with Crippen molar-refractivity contribution in [2.24, 2.45) is 5.73 Å². The lowest BCUT2D eigenvalue weighted by molar-refractivity contribution is -0.125. The number of ether oxygens (including phenoxy) is 2. The number of amides is 2. The van der Waals surface area contributed by atoms with Gasteiger partial charge in [-0.05, 0) is 35.9 Å². The zero-order chi connectivity index (χ0) is 17.8. The number of carbonyl (C=O) groups excluding carboxylic acids is 3. The van der Waals surface area contributed by atoms with E-state index in [0.29, 0.717) is 23.4 Å². The number of nitrogens with one attached hydrogen (secondary N) is 1. The summed E-state index contributed by atoms with van der Waals surface area (Å²) in [7, 11) is 0. The number of fused-ring (bicyclic) bond motifs is 1.